The third kappa shape index (κ3) is 4.35. The van der Waals surface area contributed by atoms with E-state index < -0.39 is 24.2 Å². The van der Waals surface area contributed by atoms with E-state index in [1.54, 1.807) is 13.0 Å². The van der Waals surface area contributed by atoms with Crippen LogP contribution in [0.3, 0.4) is 0 Å². The van der Waals surface area contributed by atoms with Gasteiger partial charge in [-0.05, 0) is 25.0 Å². The molecule has 0 saturated heterocycles. The van der Waals surface area contributed by atoms with E-state index in [-0.39, 0.29) is 18.0 Å². The zero-order chi connectivity index (χ0) is 14.6. The van der Waals surface area contributed by atoms with Crippen LogP contribution in [0.25, 0.3) is 0 Å². The zero-order valence-corrected chi connectivity index (χ0v) is 11.3. The number of carboxylic acids is 1. The SMILES string of the molecule is Cc1ccc(F)c(C(=O)N(CC(=O)O)CC(C)C)c1. The highest BCUT2D eigenvalue weighted by molar-refractivity contribution is 5.96. The summed E-state index contributed by atoms with van der Waals surface area (Å²) in [5.41, 5.74) is 0.673. The molecule has 1 amide bonds. The van der Waals surface area contributed by atoms with Crippen molar-refractivity contribution in [3.05, 3.63) is 35.1 Å². The lowest BCUT2D eigenvalue weighted by Crippen LogP contribution is -2.38. The lowest BCUT2D eigenvalue weighted by molar-refractivity contribution is -0.137. The summed E-state index contributed by atoms with van der Waals surface area (Å²) < 4.78 is 13.7. The molecular formula is C14H18FNO3. The Kier molecular flexibility index (Phi) is 5.03. The average Bonchev–Trinajstić information content (AvgIpc) is 2.29. The number of aryl methyl sites for hydroxylation is 1. The molecule has 0 bridgehead atoms. The molecule has 0 aliphatic heterocycles. The van der Waals surface area contributed by atoms with E-state index in [1.165, 1.54) is 12.1 Å². The van der Waals surface area contributed by atoms with Crippen LogP contribution >= 0.6 is 0 Å². The Morgan fingerprint density at radius 1 is 1.37 bits per heavy atom. The van der Waals surface area contributed by atoms with Crippen LogP contribution in [0.1, 0.15) is 29.8 Å². The van der Waals surface area contributed by atoms with E-state index in [4.69, 9.17) is 5.11 Å². The van der Waals surface area contributed by atoms with Crippen molar-refractivity contribution in [2.75, 3.05) is 13.1 Å². The zero-order valence-electron chi connectivity index (χ0n) is 11.3. The molecular weight excluding hydrogens is 249 g/mol. The van der Waals surface area contributed by atoms with Crippen molar-refractivity contribution in [1.29, 1.82) is 0 Å². The molecule has 4 nitrogen and oxygen atoms in total. The smallest absolute Gasteiger partial charge is 0.323 e. The number of amides is 1. The molecule has 0 radical (unpaired) electrons. The van der Waals surface area contributed by atoms with Gasteiger partial charge in [-0.3, -0.25) is 9.59 Å². The van der Waals surface area contributed by atoms with Gasteiger partial charge in [0.15, 0.2) is 0 Å². The first-order valence-electron chi connectivity index (χ1n) is 6.08. The normalized spacial score (nSPS) is 10.6. The van der Waals surface area contributed by atoms with Gasteiger partial charge < -0.3 is 10.0 Å². The van der Waals surface area contributed by atoms with Gasteiger partial charge in [-0.25, -0.2) is 4.39 Å². The fourth-order valence-corrected chi connectivity index (χ4v) is 1.80. The van der Waals surface area contributed by atoms with Gasteiger partial charge in [-0.2, -0.15) is 0 Å². The second kappa shape index (κ2) is 6.31. The largest absolute Gasteiger partial charge is 0.480 e. The van der Waals surface area contributed by atoms with Crippen molar-refractivity contribution in [2.45, 2.75) is 20.8 Å². The quantitative estimate of drug-likeness (QED) is 0.890. The van der Waals surface area contributed by atoms with E-state index in [2.05, 4.69) is 0 Å². The summed E-state index contributed by atoms with van der Waals surface area (Å²) in [7, 11) is 0. The number of rotatable bonds is 5. The molecule has 0 spiro atoms. The van der Waals surface area contributed by atoms with Crippen molar-refractivity contribution in [3.8, 4) is 0 Å². The molecule has 5 heteroatoms. The Hall–Kier alpha value is -1.91. The molecule has 0 aliphatic carbocycles. The molecule has 1 rings (SSSR count). The fourth-order valence-electron chi connectivity index (χ4n) is 1.80. The highest BCUT2D eigenvalue weighted by Crippen LogP contribution is 2.14. The summed E-state index contributed by atoms with van der Waals surface area (Å²) in [5.74, 6) is -2.22. The first-order valence-corrected chi connectivity index (χ1v) is 6.08. The van der Waals surface area contributed by atoms with Gasteiger partial charge in [0.1, 0.15) is 12.4 Å². The summed E-state index contributed by atoms with van der Waals surface area (Å²) in [4.78, 5) is 24.2. The predicted octanol–water partition coefficient (Wildman–Crippen LogP) is 2.32. The van der Waals surface area contributed by atoms with Crippen LogP contribution in [0, 0.1) is 18.7 Å². The molecule has 19 heavy (non-hydrogen) atoms. The van der Waals surface area contributed by atoms with Crippen molar-refractivity contribution in [1.82, 2.24) is 4.90 Å². The lowest BCUT2D eigenvalue weighted by Gasteiger charge is -2.23. The van der Waals surface area contributed by atoms with Crippen LogP contribution in [0.2, 0.25) is 0 Å². The Labute approximate surface area is 111 Å². The maximum atomic E-state index is 13.7. The molecule has 1 aromatic carbocycles. The number of carbonyl (C=O) groups is 2. The predicted molar refractivity (Wildman–Crippen MR) is 69.5 cm³/mol. The maximum absolute atomic E-state index is 13.7. The number of nitrogens with zero attached hydrogens (tertiary/aromatic N) is 1. The van der Waals surface area contributed by atoms with E-state index in [0.29, 0.717) is 0 Å². The molecule has 0 aliphatic rings. The van der Waals surface area contributed by atoms with Crippen molar-refractivity contribution >= 4 is 11.9 Å². The second-order valence-electron chi connectivity index (χ2n) is 4.96. The number of carbonyl (C=O) groups excluding carboxylic acids is 1. The summed E-state index contributed by atoms with van der Waals surface area (Å²) >= 11 is 0. The number of hydrogen-bond donors (Lipinski definition) is 1. The van der Waals surface area contributed by atoms with Crippen molar-refractivity contribution in [3.63, 3.8) is 0 Å². The minimum Gasteiger partial charge on any atom is -0.480 e. The van der Waals surface area contributed by atoms with E-state index >= 15 is 0 Å². The Morgan fingerprint density at radius 3 is 2.53 bits per heavy atom. The van der Waals surface area contributed by atoms with Crippen LogP contribution in [0.5, 0.6) is 0 Å². The number of benzene rings is 1. The number of halogens is 1. The molecule has 104 valence electrons. The molecule has 1 N–H and O–H groups in total. The Morgan fingerprint density at radius 2 is 2.00 bits per heavy atom. The first kappa shape index (κ1) is 15.1. The second-order valence-corrected chi connectivity index (χ2v) is 4.96. The maximum Gasteiger partial charge on any atom is 0.323 e. The van der Waals surface area contributed by atoms with Crippen molar-refractivity contribution < 1.29 is 19.1 Å². The molecule has 0 heterocycles. The number of aliphatic carboxylic acids is 1. The van der Waals surface area contributed by atoms with Gasteiger partial charge >= 0.3 is 5.97 Å². The molecule has 0 atom stereocenters. The standard InChI is InChI=1S/C14H18FNO3/c1-9(2)7-16(8-13(17)18)14(19)11-6-10(3)4-5-12(11)15/h4-6,9H,7-8H2,1-3H3,(H,17,18). The summed E-state index contributed by atoms with van der Waals surface area (Å²) in [6.07, 6.45) is 0. The highest BCUT2D eigenvalue weighted by atomic mass is 19.1. The highest BCUT2D eigenvalue weighted by Gasteiger charge is 2.22. The van der Waals surface area contributed by atoms with E-state index in [9.17, 15) is 14.0 Å². The Bertz CT molecular complexity index is 486. The summed E-state index contributed by atoms with van der Waals surface area (Å²) in [6, 6.07) is 4.22. The number of carboxylic acid groups (broad SMARTS) is 1. The average molecular weight is 267 g/mol. The minimum absolute atomic E-state index is 0.0816. The molecule has 0 saturated carbocycles. The van der Waals surface area contributed by atoms with Crippen LogP contribution in [-0.2, 0) is 4.79 Å². The topological polar surface area (TPSA) is 57.6 Å². The summed E-state index contributed by atoms with van der Waals surface area (Å²) in [6.45, 7) is 5.34. The van der Waals surface area contributed by atoms with Crippen LogP contribution < -0.4 is 0 Å². The van der Waals surface area contributed by atoms with Crippen LogP contribution in [0.4, 0.5) is 4.39 Å². The van der Waals surface area contributed by atoms with Gasteiger partial charge in [-0.15, -0.1) is 0 Å². The first-order chi connectivity index (χ1) is 8.81. The van der Waals surface area contributed by atoms with Gasteiger partial charge in [0.2, 0.25) is 0 Å². The van der Waals surface area contributed by atoms with Gasteiger partial charge in [-0.1, -0.05) is 25.5 Å². The molecule has 0 aromatic heterocycles. The third-order valence-electron chi connectivity index (χ3n) is 2.55. The number of hydrogen-bond acceptors (Lipinski definition) is 2. The van der Waals surface area contributed by atoms with Gasteiger partial charge in [0.05, 0.1) is 5.56 Å². The lowest BCUT2D eigenvalue weighted by atomic mass is 10.1. The molecule has 0 unspecified atom stereocenters. The Balaban J connectivity index is 3.03. The van der Waals surface area contributed by atoms with Gasteiger partial charge in [0.25, 0.3) is 5.91 Å². The summed E-state index contributed by atoms with van der Waals surface area (Å²) in [5, 5.41) is 8.83. The van der Waals surface area contributed by atoms with Crippen LogP contribution in [0.15, 0.2) is 18.2 Å². The van der Waals surface area contributed by atoms with Crippen molar-refractivity contribution in [2.24, 2.45) is 5.92 Å². The van der Waals surface area contributed by atoms with E-state index in [1.807, 2.05) is 13.8 Å². The monoisotopic (exact) mass is 267 g/mol. The van der Waals surface area contributed by atoms with Gasteiger partial charge in [0, 0.05) is 6.54 Å². The van der Waals surface area contributed by atoms with Crippen LogP contribution in [-0.4, -0.2) is 35.0 Å². The molecule has 1 aromatic rings. The molecule has 0 fully saturated rings. The van der Waals surface area contributed by atoms with E-state index in [0.717, 1.165) is 10.5 Å². The minimum atomic E-state index is -1.11. The fraction of sp³-hybridized carbons (Fsp3) is 0.429. The third-order valence-corrected chi connectivity index (χ3v) is 2.55.